The highest BCUT2D eigenvalue weighted by molar-refractivity contribution is 5.42. The molecule has 1 atom stereocenters. The maximum absolute atomic E-state index is 10.2. The van der Waals surface area contributed by atoms with Gasteiger partial charge in [0.05, 0.1) is 0 Å². The van der Waals surface area contributed by atoms with Crippen LogP contribution in [0.25, 0.3) is 0 Å². The Hall–Kier alpha value is -0.760. The van der Waals surface area contributed by atoms with Gasteiger partial charge in [-0.05, 0) is 42.2 Å². The fraction of sp³-hybridized carbons (Fsp3) is 0.750. The molecule has 100 valence electrons. The average molecular weight is 248 g/mol. The summed E-state index contributed by atoms with van der Waals surface area (Å²) in [4.78, 5) is 0. The molecule has 2 aliphatic carbocycles. The second-order valence-electron chi connectivity index (χ2n) is 6.52. The highest BCUT2D eigenvalue weighted by Gasteiger charge is 2.45. The quantitative estimate of drug-likeness (QED) is 0.700. The molecular formula is C16H24O2. The minimum atomic E-state index is -1.000. The molecular weight excluding hydrogens is 224 g/mol. The summed E-state index contributed by atoms with van der Waals surface area (Å²) in [5, 5.41) is 10.2. The smallest absolute Gasteiger partial charge is 0.205 e. The third-order valence-electron chi connectivity index (χ3n) is 5.04. The van der Waals surface area contributed by atoms with Crippen molar-refractivity contribution in [1.82, 2.24) is 0 Å². The fourth-order valence-corrected chi connectivity index (χ4v) is 4.13. The van der Waals surface area contributed by atoms with Gasteiger partial charge >= 0.3 is 0 Å². The van der Waals surface area contributed by atoms with Crippen LogP contribution in [0.5, 0.6) is 0 Å². The predicted octanol–water partition coefficient (Wildman–Crippen LogP) is 4.06. The van der Waals surface area contributed by atoms with Crippen LogP contribution in [0.1, 0.15) is 64.7 Å². The first-order chi connectivity index (χ1) is 8.53. The molecule has 2 nitrogen and oxygen atoms in total. The first-order valence-electron chi connectivity index (χ1n) is 7.36. The number of aliphatic hydroxyl groups is 1. The summed E-state index contributed by atoms with van der Waals surface area (Å²) in [5.74, 6) is 0.0460. The minimum absolute atomic E-state index is 0.338. The van der Waals surface area contributed by atoms with Gasteiger partial charge < -0.3 is 9.84 Å². The van der Waals surface area contributed by atoms with Gasteiger partial charge in [-0.25, -0.2) is 0 Å². The van der Waals surface area contributed by atoms with Crippen molar-refractivity contribution in [3.8, 4) is 0 Å². The first-order valence-corrected chi connectivity index (χ1v) is 7.36. The monoisotopic (exact) mass is 248 g/mol. The van der Waals surface area contributed by atoms with E-state index < -0.39 is 5.79 Å². The molecule has 18 heavy (non-hydrogen) atoms. The van der Waals surface area contributed by atoms with Crippen molar-refractivity contribution in [1.29, 1.82) is 0 Å². The molecule has 2 heteroatoms. The van der Waals surface area contributed by atoms with E-state index in [1.54, 1.807) is 6.92 Å². The zero-order chi connectivity index (χ0) is 12.8. The molecule has 0 bridgehead atoms. The van der Waals surface area contributed by atoms with Crippen LogP contribution in [0.15, 0.2) is 23.5 Å². The van der Waals surface area contributed by atoms with E-state index in [4.69, 9.17) is 4.74 Å². The second kappa shape index (κ2) is 4.12. The molecule has 1 aliphatic heterocycles. The summed E-state index contributed by atoms with van der Waals surface area (Å²) < 4.78 is 5.90. The largest absolute Gasteiger partial charge is 0.467 e. The summed E-state index contributed by atoms with van der Waals surface area (Å²) >= 11 is 0. The molecule has 3 aliphatic rings. The Labute approximate surface area is 110 Å². The third-order valence-corrected chi connectivity index (χ3v) is 5.04. The third kappa shape index (κ3) is 1.91. The molecule has 0 aromatic carbocycles. The van der Waals surface area contributed by atoms with Gasteiger partial charge in [0.25, 0.3) is 0 Å². The average Bonchev–Trinajstić information content (AvgIpc) is 2.59. The summed E-state index contributed by atoms with van der Waals surface area (Å²) in [6.45, 7) is 6.06. The van der Waals surface area contributed by atoms with Crippen molar-refractivity contribution < 1.29 is 9.84 Å². The van der Waals surface area contributed by atoms with Crippen LogP contribution in [0.3, 0.4) is 0 Å². The number of allylic oxidation sites excluding steroid dienone is 3. The van der Waals surface area contributed by atoms with E-state index in [2.05, 4.69) is 6.58 Å². The molecule has 1 N–H and O–H groups in total. The summed E-state index contributed by atoms with van der Waals surface area (Å²) in [5.41, 5.74) is 2.95. The molecule has 1 heterocycles. The Bertz CT molecular complexity index is 397. The molecule has 0 radical (unpaired) electrons. The van der Waals surface area contributed by atoms with Crippen LogP contribution >= 0.6 is 0 Å². The number of rotatable bonds is 0. The van der Waals surface area contributed by atoms with Crippen molar-refractivity contribution in [2.24, 2.45) is 5.41 Å². The lowest BCUT2D eigenvalue weighted by Gasteiger charge is -2.36. The zero-order valence-electron chi connectivity index (χ0n) is 11.4. The van der Waals surface area contributed by atoms with Crippen molar-refractivity contribution in [2.75, 3.05) is 0 Å². The Kier molecular flexibility index (Phi) is 2.81. The molecule has 0 amide bonds. The van der Waals surface area contributed by atoms with E-state index in [0.29, 0.717) is 11.8 Å². The van der Waals surface area contributed by atoms with E-state index in [-0.39, 0.29) is 0 Å². The molecule has 1 fully saturated rings. The fourth-order valence-electron chi connectivity index (χ4n) is 4.13. The predicted molar refractivity (Wildman–Crippen MR) is 71.9 cm³/mol. The molecule has 3 rings (SSSR count). The lowest BCUT2D eigenvalue weighted by molar-refractivity contribution is -0.165. The van der Waals surface area contributed by atoms with Gasteiger partial charge in [-0.3, -0.25) is 0 Å². The Morgan fingerprint density at radius 1 is 1.06 bits per heavy atom. The minimum Gasteiger partial charge on any atom is -0.467 e. The SMILES string of the molecule is C=C1CCC(C)(O)OC2=C1C1(CCCCC1)CC2. The van der Waals surface area contributed by atoms with Gasteiger partial charge in [-0.15, -0.1) is 0 Å². The van der Waals surface area contributed by atoms with Crippen LogP contribution < -0.4 is 0 Å². The van der Waals surface area contributed by atoms with Crippen molar-refractivity contribution >= 4 is 0 Å². The Balaban J connectivity index is 1.98. The van der Waals surface area contributed by atoms with Crippen LogP contribution in [-0.2, 0) is 4.74 Å². The maximum atomic E-state index is 10.2. The van der Waals surface area contributed by atoms with Crippen LogP contribution in [-0.4, -0.2) is 10.9 Å². The van der Waals surface area contributed by atoms with E-state index in [1.807, 2.05) is 0 Å². The van der Waals surface area contributed by atoms with Gasteiger partial charge in [0.1, 0.15) is 5.76 Å². The van der Waals surface area contributed by atoms with Gasteiger partial charge in [-0.2, -0.15) is 0 Å². The van der Waals surface area contributed by atoms with Crippen LogP contribution in [0, 0.1) is 5.41 Å². The van der Waals surface area contributed by atoms with Crippen LogP contribution in [0.2, 0.25) is 0 Å². The van der Waals surface area contributed by atoms with E-state index in [1.165, 1.54) is 49.7 Å². The molecule has 1 saturated carbocycles. The normalized spacial score (nSPS) is 35.3. The highest BCUT2D eigenvalue weighted by atomic mass is 16.6. The number of ether oxygens (including phenoxy) is 1. The van der Waals surface area contributed by atoms with E-state index >= 15 is 0 Å². The number of fused-ring (bicyclic) bond motifs is 1. The van der Waals surface area contributed by atoms with Crippen molar-refractivity contribution in [3.63, 3.8) is 0 Å². The highest BCUT2D eigenvalue weighted by Crippen LogP contribution is 2.56. The standard InChI is InChI=1S/C16H24O2/c1-12-6-10-15(2,17)18-13-7-11-16(14(12)13)8-4-3-5-9-16/h17H,1,3-11H2,2H3. The molecule has 0 saturated heterocycles. The van der Waals surface area contributed by atoms with Gasteiger partial charge in [-0.1, -0.05) is 25.8 Å². The topological polar surface area (TPSA) is 29.5 Å². The van der Waals surface area contributed by atoms with E-state index in [9.17, 15) is 5.11 Å². The second-order valence-corrected chi connectivity index (χ2v) is 6.52. The molecule has 0 aromatic rings. The van der Waals surface area contributed by atoms with Gasteiger partial charge in [0, 0.05) is 19.8 Å². The van der Waals surface area contributed by atoms with Crippen LogP contribution in [0.4, 0.5) is 0 Å². The summed E-state index contributed by atoms with van der Waals surface area (Å²) in [6, 6.07) is 0. The molecule has 1 unspecified atom stereocenters. The lowest BCUT2D eigenvalue weighted by Crippen LogP contribution is -2.26. The summed E-state index contributed by atoms with van der Waals surface area (Å²) in [6.07, 6.45) is 10.3. The number of hydrogen-bond acceptors (Lipinski definition) is 2. The summed E-state index contributed by atoms with van der Waals surface area (Å²) in [7, 11) is 0. The zero-order valence-corrected chi connectivity index (χ0v) is 11.4. The number of hydrogen-bond donors (Lipinski definition) is 1. The Morgan fingerprint density at radius 2 is 1.78 bits per heavy atom. The van der Waals surface area contributed by atoms with Crippen molar-refractivity contribution in [3.05, 3.63) is 23.5 Å². The lowest BCUT2D eigenvalue weighted by atomic mass is 9.67. The Morgan fingerprint density at radius 3 is 2.50 bits per heavy atom. The molecule has 0 aromatic heterocycles. The van der Waals surface area contributed by atoms with Gasteiger partial charge in [0.2, 0.25) is 5.79 Å². The maximum Gasteiger partial charge on any atom is 0.205 e. The van der Waals surface area contributed by atoms with Gasteiger partial charge in [0.15, 0.2) is 0 Å². The van der Waals surface area contributed by atoms with Crippen molar-refractivity contribution in [2.45, 2.75) is 70.5 Å². The molecule has 1 spiro atoms. The first kappa shape index (κ1) is 12.3. The van der Waals surface area contributed by atoms with E-state index in [0.717, 1.165) is 18.6 Å².